The van der Waals surface area contributed by atoms with Crippen LogP contribution >= 0.6 is 34.2 Å². The highest BCUT2D eigenvalue weighted by Gasteiger charge is 2.19. The lowest BCUT2D eigenvalue weighted by Crippen LogP contribution is -2.32. The van der Waals surface area contributed by atoms with E-state index in [4.69, 9.17) is 21.1 Å². The van der Waals surface area contributed by atoms with Gasteiger partial charge in [-0.05, 0) is 47.6 Å². The molecule has 1 saturated heterocycles. The Bertz CT molecular complexity index is 475. The molecule has 0 bridgehead atoms. The van der Waals surface area contributed by atoms with Gasteiger partial charge in [-0.3, -0.25) is 4.79 Å². The summed E-state index contributed by atoms with van der Waals surface area (Å²) in [7, 11) is 1.54. The molecule has 1 aliphatic rings. The van der Waals surface area contributed by atoms with Crippen LogP contribution in [-0.2, 0) is 4.74 Å². The van der Waals surface area contributed by atoms with E-state index in [1.54, 1.807) is 12.1 Å². The lowest BCUT2D eigenvalue weighted by molar-refractivity contribution is 0.0855. The molecule has 1 amide bonds. The van der Waals surface area contributed by atoms with Crippen LogP contribution in [0, 0.1) is 3.57 Å². The molecule has 104 valence electrons. The summed E-state index contributed by atoms with van der Waals surface area (Å²) in [4.78, 5) is 12.1. The van der Waals surface area contributed by atoms with Gasteiger partial charge in [-0.15, -0.1) is 0 Å². The van der Waals surface area contributed by atoms with Gasteiger partial charge in [-0.25, -0.2) is 0 Å². The molecule has 0 saturated carbocycles. The molecule has 4 nitrogen and oxygen atoms in total. The molecular formula is C13H15ClINO3. The van der Waals surface area contributed by atoms with Crippen molar-refractivity contribution in [2.45, 2.75) is 18.9 Å². The van der Waals surface area contributed by atoms with Crippen LogP contribution < -0.4 is 10.1 Å². The first-order valence-electron chi connectivity index (χ1n) is 6.04. The van der Waals surface area contributed by atoms with Gasteiger partial charge in [0.15, 0.2) is 0 Å². The topological polar surface area (TPSA) is 47.6 Å². The normalized spacial score (nSPS) is 18.4. The first-order chi connectivity index (χ1) is 9.11. The van der Waals surface area contributed by atoms with Crippen LogP contribution in [0.25, 0.3) is 0 Å². The van der Waals surface area contributed by atoms with Crippen LogP contribution in [0.1, 0.15) is 23.2 Å². The summed E-state index contributed by atoms with van der Waals surface area (Å²) in [5, 5.41) is 3.40. The number of amides is 1. The molecule has 1 N–H and O–H groups in total. The van der Waals surface area contributed by atoms with E-state index >= 15 is 0 Å². The van der Waals surface area contributed by atoms with E-state index < -0.39 is 0 Å². The fraction of sp³-hybridized carbons (Fsp3) is 0.462. The van der Waals surface area contributed by atoms with Crippen molar-refractivity contribution in [2.24, 2.45) is 0 Å². The maximum atomic E-state index is 12.1. The Balaban J connectivity index is 2.07. The summed E-state index contributed by atoms with van der Waals surface area (Å²) in [6.45, 7) is 1.30. The van der Waals surface area contributed by atoms with Crippen LogP contribution in [0.15, 0.2) is 12.1 Å². The van der Waals surface area contributed by atoms with E-state index in [0.717, 1.165) is 23.0 Å². The Labute approximate surface area is 130 Å². The van der Waals surface area contributed by atoms with Crippen molar-refractivity contribution in [1.82, 2.24) is 5.32 Å². The lowest BCUT2D eigenvalue weighted by atomic mass is 10.1. The zero-order chi connectivity index (χ0) is 13.8. The third kappa shape index (κ3) is 3.73. The standard InChI is InChI=1S/C13H15ClINO3/c1-18-12-6-11(15)10(14)5-9(12)13(17)16-7-8-3-2-4-19-8/h5-6,8H,2-4,7H2,1H3,(H,16,17)/t8-/m0/s1. The average Bonchev–Trinajstić information content (AvgIpc) is 2.91. The molecule has 1 fully saturated rings. The maximum Gasteiger partial charge on any atom is 0.255 e. The number of carbonyl (C=O) groups is 1. The third-order valence-electron chi connectivity index (χ3n) is 3.00. The Hall–Kier alpha value is -0.530. The quantitative estimate of drug-likeness (QED) is 0.798. The van der Waals surface area contributed by atoms with Gasteiger partial charge in [0.05, 0.1) is 23.8 Å². The number of nitrogens with one attached hydrogen (secondary N) is 1. The molecule has 19 heavy (non-hydrogen) atoms. The van der Waals surface area contributed by atoms with Crippen LogP contribution in [-0.4, -0.2) is 32.3 Å². The minimum absolute atomic E-state index is 0.120. The largest absolute Gasteiger partial charge is 0.496 e. The van der Waals surface area contributed by atoms with Gasteiger partial charge in [0.25, 0.3) is 5.91 Å². The summed E-state index contributed by atoms with van der Waals surface area (Å²) in [5.74, 6) is 0.337. The van der Waals surface area contributed by atoms with Crippen LogP contribution in [0.4, 0.5) is 0 Å². The second kappa shape index (κ2) is 6.76. The maximum absolute atomic E-state index is 12.1. The highest BCUT2D eigenvalue weighted by Crippen LogP contribution is 2.28. The number of methoxy groups -OCH3 is 1. The Morgan fingerprint density at radius 2 is 2.42 bits per heavy atom. The number of carbonyl (C=O) groups excluding carboxylic acids is 1. The van der Waals surface area contributed by atoms with E-state index in [1.165, 1.54) is 7.11 Å². The van der Waals surface area contributed by atoms with Gasteiger partial charge in [-0.2, -0.15) is 0 Å². The number of rotatable bonds is 4. The van der Waals surface area contributed by atoms with E-state index in [2.05, 4.69) is 27.9 Å². The molecule has 0 aromatic heterocycles. The van der Waals surface area contributed by atoms with Crippen LogP contribution in [0.3, 0.4) is 0 Å². The molecule has 2 rings (SSSR count). The average molecular weight is 396 g/mol. The van der Waals surface area contributed by atoms with E-state index in [9.17, 15) is 4.79 Å². The van der Waals surface area contributed by atoms with E-state index in [-0.39, 0.29) is 12.0 Å². The lowest BCUT2D eigenvalue weighted by Gasteiger charge is -2.13. The monoisotopic (exact) mass is 395 g/mol. The third-order valence-corrected chi connectivity index (χ3v) is 4.53. The van der Waals surface area contributed by atoms with Crippen molar-refractivity contribution in [3.05, 3.63) is 26.3 Å². The number of halogens is 2. The minimum Gasteiger partial charge on any atom is -0.496 e. The summed E-state index contributed by atoms with van der Waals surface area (Å²) in [6.07, 6.45) is 2.17. The van der Waals surface area contributed by atoms with Gasteiger partial charge >= 0.3 is 0 Å². The van der Waals surface area contributed by atoms with Crippen molar-refractivity contribution in [2.75, 3.05) is 20.3 Å². The van der Waals surface area contributed by atoms with Crippen LogP contribution in [0.2, 0.25) is 5.02 Å². The van der Waals surface area contributed by atoms with Crippen molar-refractivity contribution < 1.29 is 14.3 Å². The fourth-order valence-corrected chi connectivity index (χ4v) is 2.58. The number of benzene rings is 1. The Kier molecular flexibility index (Phi) is 5.29. The van der Waals surface area contributed by atoms with Crippen LogP contribution in [0.5, 0.6) is 5.75 Å². The van der Waals surface area contributed by atoms with Crippen molar-refractivity contribution in [3.63, 3.8) is 0 Å². The van der Waals surface area contributed by atoms with E-state index in [0.29, 0.717) is 22.9 Å². The van der Waals surface area contributed by atoms with Crippen molar-refractivity contribution in [3.8, 4) is 5.75 Å². The van der Waals surface area contributed by atoms with E-state index in [1.807, 2.05) is 0 Å². The number of hydrogen-bond acceptors (Lipinski definition) is 3. The molecule has 1 aliphatic heterocycles. The molecular weight excluding hydrogens is 381 g/mol. The zero-order valence-corrected chi connectivity index (χ0v) is 13.5. The first-order valence-corrected chi connectivity index (χ1v) is 7.50. The highest BCUT2D eigenvalue weighted by atomic mass is 127. The minimum atomic E-state index is -0.189. The second-order valence-corrected chi connectivity index (χ2v) is 5.88. The zero-order valence-electron chi connectivity index (χ0n) is 10.5. The molecule has 1 aromatic carbocycles. The smallest absolute Gasteiger partial charge is 0.255 e. The molecule has 0 aliphatic carbocycles. The summed E-state index contributed by atoms with van der Waals surface area (Å²) in [6, 6.07) is 3.39. The molecule has 0 spiro atoms. The highest BCUT2D eigenvalue weighted by molar-refractivity contribution is 14.1. The predicted molar refractivity (Wildman–Crippen MR) is 82.0 cm³/mol. The molecule has 1 heterocycles. The fourth-order valence-electron chi connectivity index (χ4n) is 1.98. The van der Waals surface area contributed by atoms with Gasteiger partial charge in [0.1, 0.15) is 5.75 Å². The Morgan fingerprint density at radius 1 is 1.63 bits per heavy atom. The number of hydrogen-bond donors (Lipinski definition) is 1. The molecule has 1 aromatic rings. The van der Waals surface area contributed by atoms with Crippen molar-refractivity contribution >= 4 is 40.1 Å². The van der Waals surface area contributed by atoms with Gasteiger partial charge in [0.2, 0.25) is 0 Å². The molecule has 1 atom stereocenters. The molecule has 6 heteroatoms. The summed E-state index contributed by atoms with van der Waals surface area (Å²) in [5.41, 5.74) is 0.450. The SMILES string of the molecule is COc1cc(I)c(Cl)cc1C(=O)NC[C@@H]1CCCO1. The van der Waals surface area contributed by atoms with Gasteiger partial charge in [0, 0.05) is 16.7 Å². The molecule has 0 radical (unpaired) electrons. The summed E-state index contributed by atoms with van der Waals surface area (Å²) >= 11 is 8.15. The molecule has 0 unspecified atom stereocenters. The Morgan fingerprint density at radius 3 is 3.05 bits per heavy atom. The second-order valence-electron chi connectivity index (χ2n) is 4.31. The first kappa shape index (κ1) is 14.9. The van der Waals surface area contributed by atoms with Gasteiger partial charge < -0.3 is 14.8 Å². The predicted octanol–water partition coefficient (Wildman–Crippen LogP) is 2.86. The van der Waals surface area contributed by atoms with Gasteiger partial charge in [-0.1, -0.05) is 11.6 Å². The summed E-state index contributed by atoms with van der Waals surface area (Å²) < 4.78 is 11.5. The van der Waals surface area contributed by atoms with Crippen molar-refractivity contribution in [1.29, 1.82) is 0 Å². The number of ether oxygens (including phenoxy) is 2.